The fraction of sp³-hybridized carbons (Fsp3) is 0.583. The first-order valence-corrected chi connectivity index (χ1v) is 11.3. The normalized spacial score (nSPS) is 23.0. The zero-order valence-electron chi connectivity index (χ0n) is 19.1. The van der Waals surface area contributed by atoms with Crippen LogP contribution in [0.15, 0.2) is 36.8 Å². The molecule has 166 valence electrons. The summed E-state index contributed by atoms with van der Waals surface area (Å²) in [7, 11) is 0. The summed E-state index contributed by atoms with van der Waals surface area (Å²) in [6.07, 6.45) is 9.59. The average molecular weight is 423 g/mol. The van der Waals surface area contributed by atoms with E-state index in [9.17, 15) is 4.79 Å². The maximum atomic E-state index is 13.3. The van der Waals surface area contributed by atoms with Gasteiger partial charge in [0.25, 0.3) is 0 Å². The number of pyridine rings is 1. The quantitative estimate of drug-likeness (QED) is 0.750. The molecule has 2 saturated heterocycles. The third-order valence-electron chi connectivity index (χ3n) is 6.24. The van der Waals surface area contributed by atoms with Crippen molar-refractivity contribution in [1.29, 1.82) is 0 Å². The van der Waals surface area contributed by atoms with E-state index < -0.39 is 0 Å². The van der Waals surface area contributed by atoms with Gasteiger partial charge in [0.2, 0.25) is 5.91 Å². The van der Waals surface area contributed by atoms with Crippen molar-refractivity contribution >= 4 is 17.5 Å². The highest BCUT2D eigenvalue weighted by atomic mass is 16.2. The van der Waals surface area contributed by atoms with Crippen LogP contribution in [-0.4, -0.2) is 43.4 Å². The molecule has 2 N–H and O–H groups in total. The van der Waals surface area contributed by atoms with Crippen LogP contribution in [-0.2, 0) is 4.79 Å². The first-order chi connectivity index (χ1) is 14.7. The largest absolute Gasteiger partial charge is 0.334 e. The molecular weight excluding hydrogens is 388 g/mol. The Hall–Kier alpha value is -2.54. The molecule has 2 aromatic heterocycles. The van der Waals surface area contributed by atoms with Crippen molar-refractivity contribution in [1.82, 2.24) is 25.2 Å². The lowest BCUT2D eigenvalue weighted by molar-refractivity contribution is -0.133. The fourth-order valence-corrected chi connectivity index (χ4v) is 5.62. The lowest BCUT2D eigenvalue weighted by Crippen LogP contribution is -2.58. The lowest BCUT2D eigenvalue weighted by atomic mass is 9.74. The Kier molecular flexibility index (Phi) is 5.97. The maximum absolute atomic E-state index is 13.3. The molecule has 0 unspecified atom stereocenters. The highest BCUT2D eigenvalue weighted by Crippen LogP contribution is 2.37. The molecule has 4 rings (SSSR count). The minimum absolute atomic E-state index is 0.0406. The number of anilines is 2. The number of hydrogen-bond donors (Lipinski definition) is 2. The van der Waals surface area contributed by atoms with Crippen LogP contribution in [0.25, 0.3) is 0 Å². The summed E-state index contributed by atoms with van der Waals surface area (Å²) >= 11 is 0. The van der Waals surface area contributed by atoms with Gasteiger partial charge in [-0.25, -0.2) is 9.97 Å². The molecule has 7 nitrogen and oxygen atoms in total. The van der Waals surface area contributed by atoms with Crippen LogP contribution in [0.1, 0.15) is 71.5 Å². The van der Waals surface area contributed by atoms with Crippen LogP contribution in [0.5, 0.6) is 0 Å². The molecule has 0 aliphatic carbocycles. The first-order valence-electron chi connectivity index (χ1n) is 11.3. The first kappa shape index (κ1) is 21.7. The van der Waals surface area contributed by atoms with Gasteiger partial charge in [0, 0.05) is 36.4 Å². The van der Waals surface area contributed by atoms with Gasteiger partial charge in [0.1, 0.15) is 11.6 Å². The zero-order valence-corrected chi connectivity index (χ0v) is 19.1. The number of carbonyl (C=O) groups is 1. The van der Waals surface area contributed by atoms with Crippen LogP contribution < -0.4 is 10.6 Å². The van der Waals surface area contributed by atoms with E-state index in [1.165, 1.54) is 0 Å². The Morgan fingerprint density at radius 3 is 2.65 bits per heavy atom. The maximum Gasteiger partial charge on any atom is 0.223 e. The predicted molar refractivity (Wildman–Crippen MR) is 122 cm³/mol. The molecule has 2 aliphatic rings. The highest BCUT2D eigenvalue weighted by molar-refractivity contribution is 5.77. The molecule has 0 radical (unpaired) electrons. The number of hydrogen-bond acceptors (Lipinski definition) is 6. The number of nitrogens with one attached hydrogen (secondary N) is 2. The van der Waals surface area contributed by atoms with Gasteiger partial charge in [-0.15, -0.1) is 0 Å². The van der Waals surface area contributed by atoms with Crippen LogP contribution in [0.2, 0.25) is 0 Å². The Morgan fingerprint density at radius 1 is 1.16 bits per heavy atom. The van der Waals surface area contributed by atoms with E-state index in [-0.39, 0.29) is 23.0 Å². The summed E-state index contributed by atoms with van der Waals surface area (Å²) in [5.74, 6) is 2.04. The van der Waals surface area contributed by atoms with E-state index in [1.807, 2.05) is 18.2 Å². The van der Waals surface area contributed by atoms with Crippen molar-refractivity contribution in [2.24, 2.45) is 5.92 Å². The van der Waals surface area contributed by atoms with E-state index in [1.54, 1.807) is 18.6 Å². The molecule has 0 spiro atoms. The molecule has 1 amide bonds. The van der Waals surface area contributed by atoms with Crippen molar-refractivity contribution in [2.45, 2.75) is 76.9 Å². The van der Waals surface area contributed by atoms with Gasteiger partial charge < -0.3 is 15.5 Å². The van der Waals surface area contributed by atoms with Gasteiger partial charge in [0.15, 0.2) is 0 Å². The number of rotatable bonds is 5. The van der Waals surface area contributed by atoms with Gasteiger partial charge in [0.05, 0.1) is 17.9 Å². The second-order valence-corrected chi connectivity index (χ2v) is 10.3. The van der Waals surface area contributed by atoms with E-state index >= 15 is 0 Å². The van der Waals surface area contributed by atoms with E-state index in [4.69, 9.17) is 4.98 Å². The number of amides is 1. The SMILES string of the molecule is CC1(C)CC(CC(=O)N2CCC[C@H]2c2cccc(Nc3cnccn3)n2)CC(C)(C)N1. The van der Waals surface area contributed by atoms with Crippen LogP contribution >= 0.6 is 0 Å². The van der Waals surface area contributed by atoms with E-state index in [2.05, 4.69) is 53.2 Å². The van der Waals surface area contributed by atoms with Gasteiger partial charge in [-0.2, -0.15) is 0 Å². The summed E-state index contributed by atoms with van der Waals surface area (Å²) in [6.45, 7) is 9.77. The molecule has 2 fully saturated rings. The summed E-state index contributed by atoms with van der Waals surface area (Å²) in [4.78, 5) is 28.5. The summed E-state index contributed by atoms with van der Waals surface area (Å²) in [5, 5.41) is 6.91. The molecular formula is C24H34N6O. The van der Waals surface area contributed by atoms with Crippen molar-refractivity contribution in [2.75, 3.05) is 11.9 Å². The third kappa shape index (κ3) is 5.39. The second kappa shape index (κ2) is 8.54. The van der Waals surface area contributed by atoms with Gasteiger partial charge in [-0.1, -0.05) is 6.07 Å². The van der Waals surface area contributed by atoms with Crippen molar-refractivity contribution in [3.8, 4) is 0 Å². The van der Waals surface area contributed by atoms with Crippen LogP contribution in [0.4, 0.5) is 11.6 Å². The van der Waals surface area contributed by atoms with Crippen molar-refractivity contribution in [3.05, 3.63) is 42.5 Å². The van der Waals surface area contributed by atoms with Crippen LogP contribution in [0, 0.1) is 5.92 Å². The Balaban J connectivity index is 1.45. The van der Waals surface area contributed by atoms with Crippen molar-refractivity contribution in [3.63, 3.8) is 0 Å². The minimum Gasteiger partial charge on any atom is -0.334 e. The number of aromatic nitrogens is 3. The number of nitrogens with zero attached hydrogens (tertiary/aromatic N) is 4. The highest BCUT2D eigenvalue weighted by Gasteiger charge is 2.40. The average Bonchev–Trinajstić information content (AvgIpc) is 3.16. The molecule has 7 heteroatoms. The smallest absolute Gasteiger partial charge is 0.223 e. The standard InChI is InChI=1S/C24H34N6O/c1-23(2)14-17(15-24(3,4)29-23)13-22(31)30-12-6-8-19(30)18-7-5-9-20(27-18)28-21-16-25-10-11-26-21/h5,7,9-11,16-17,19,29H,6,8,12-15H2,1-4H3,(H,26,27,28)/t19-/m0/s1. The van der Waals surface area contributed by atoms with Gasteiger partial charge in [-0.3, -0.25) is 9.78 Å². The van der Waals surface area contributed by atoms with Crippen LogP contribution in [0.3, 0.4) is 0 Å². The molecule has 31 heavy (non-hydrogen) atoms. The van der Waals surface area contributed by atoms with Gasteiger partial charge in [-0.05, 0) is 71.4 Å². The second-order valence-electron chi connectivity index (χ2n) is 10.3. The van der Waals surface area contributed by atoms with Gasteiger partial charge >= 0.3 is 0 Å². The topological polar surface area (TPSA) is 83.0 Å². The number of carbonyl (C=O) groups excluding carboxylic acids is 1. The predicted octanol–water partition coefficient (Wildman–Crippen LogP) is 4.23. The Bertz CT molecular complexity index is 897. The molecule has 0 bridgehead atoms. The summed E-state index contributed by atoms with van der Waals surface area (Å²) in [6, 6.07) is 5.96. The molecule has 2 aromatic rings. The monoisotopic (exact) mass is 422 g/mol. The third-order valence-corrected chi connectivity index (χ3v) is 6.24. The number of likely N-dealkylation sites (tertiary alicyclic amines) is 1. The zero-order chi connectivity index (χ0) is 22.1. The lowest BCUT2D eigenvalue weighted by Gasteiger charge is -2.46. The summed E-state index contributed by atoms with van der Waals surface area (Å²) < 4.78 is 0. The fourth-order valence-electron chi connectivity index (χ4n) is 5.62. The molecule has 0 saturated carbocycles. The molecule has 0 aromatic carbocycles. The summed E-state index contributed by atoms with van der Waals surface area (Å²) in [5.41, 5.74) is 1.04. The minimum atomic E-state index is 0.0406. The van der Waals surface area contributed by atoms with E-state index in [0.29, 0.717) is 18.2 Å². The molecule has 1 atom stereocenters. The molecule has 4 heterocycles. The Labute approximate surface area is 185 Å². The van der Waals surface area contributed by atoms with Crippen molar-refractivity contribution < 1.29 is 4.79 Å². The number of piperidine rings is 1. The molecule has 2 aliphatic heterocycles. The Morgan fingerprint density at radius 2 is 1.94 bits per heavy atom. The van der Waals surface area contributed by atoms with E-state index in [0.717, 1.165) is 43.7 Å².